The van der Waals surface area contributed by atoms with Crippen molar-refractivity contribution >= 4 is 77.9 Å². The largest absolute Gasteiger partial charge is 0.276 e. The molecular weight excluding hydrogens is 495 g/mol. The predicted molar refractivity (Wildman–Crippen MR) is 132 cm³/mol. The van der Waals surface area contributed by atoms with Gasteiger partial charge in [-0.2, -0.15) is 0 Å². The van der Waals surface area contributed by atoms with Crippen molar-refractivity contribution in [2.75, 3.05) is 0 Å². The summed E-state index contributed by atoms with van der Waals surface area (Å²) in [4.78, 5) is 27.5. The molecule has 0 radical (unpaired) electrons. The van der Waals surface area contributed by atoms with Crippen LogP contribution in [0.3, 0.4) is 0 Å². The highest BCUT2D eigenvalue weighted by Gasteiger charge is 2.15. The standard InChI is InChI=1S/C22H12Cl2O2S4/c23-21(25)13-5-7-19(15(11-13)17-3-1-9-27-17)29-30-20-8-6-14(22(24)26)12-16(20)18-4-2-10-28-18/h1-12H. The lowest BCUT2D eigenvalue weighted by Gasteiger charge is -2.11. The van der Waals surface area contributed by atoms with Gasteiger partial charge in [-0.1, -0.05) is 33.7 Å². The summed E-state index contributed by atoms with van der Waals surface area (Å²) in [6.45, 7) is 0. The monoisotopic (exact) mass is 506 g/mol. The molecule has 0 unspecified atom stereocenters. The molecule has 4 rings (SSSR count). The summed E-state index contributed by atoms with van der Waals surface area (Å²) in [6.07, 6.45) is 0. The number of carbonyl (C=O) groups excluding carboxylic acids is 2. The van der Waals surface area contributed by atoms with Crippen LogP contribution in [0.25, 0.3) is 20.9 Å². The fourth-order valence-electron chi connectivity index (χ4n) is 2.79. The van der Waals surface area contributed by atoms with Crippen molar-refractivity contribution in [3.05, 3.63) is 82.6 Å². The molecule has 2 aromatic heterocycles. The Morgan fingerprint density at radius 1 is 0.667 bits per heavy atom. The van der Waals surface area contributed by atoms with Crippen molar-refractivity contribution < 1.29 is 9.59 Å². The van der Waals surface area contributed by atoms with Gasteiger partial charge >= 0.3 is 0 Å². The fraction of sp³-hybridized carbons (Fsp3) is 0. The number of rotatable bonds is 7. The molecule has 0 amide bonds. The quantitative estimate of drug-likeness (QED) is 0.185. The molecule has 0 saturated heterocycles. The maximum Gasteiger partial charge on any atom is 0.252 e. The van der Waals surface area contributed by atoms with Crippen LogP contribution in [0.1, 0.15) is 20.7 Å². The van der Waals surface area contributed by atoms with Crippen molar-refractivity contribution in [1.29, 1.82) is 0 Å². The van der Waals surface area contributed by atoms with Gasteiger partial charge in [0.15, 0.2) is 0 Å². The second kappa shape index (κ2) is 9.73. The van der Waals surface area contributed by atoms with Crippen LogP contribution >= 0.6 is 67.5 Å². The van der Waals surface area contributed by atoms with E-state index in [0.29, 0.717) is 11.1 Å². The Kier molecular flexibility index (Phi) is 7.03. The molecule has 4 aromatic rings. The molecule has 0 aliphatic carbocycles. The first-order valence-electron chi connectivity index (χ1n) is 8.63. The Labute approximate surface area is 199 Å². The van der Waals surface area contributed by atoms with Gasteiger partial charge in [0.1, 0.15) is 0 Å². The van der Waals surface area contributed by atoms with E-state index in [2.05, 4.69) is 0 Å². The van der Waals surface area contributed by atoms with Crippen LogP contribution in [-0.4, -0.2) is 10.5 Å². The normalized spacial score (nSPS) is 10.9. The molecular formula is C22H12Cl2O2S4. The molecule has 2 nitrogen and oxygen atoms in total. The molecule has 8 heteroatoms. The number of hydrogen-bond donors (Lipinski definition) is 0. The maximum atomic E-state index is 11.6. The molecule has 0 N–H and O–H groups in total. The van der Waals surface area contributed by atoms with Crippen LogP contribution < -0.4 is 0 Å². The van der Waals surface area contributed by atoms with Gasteiger partial charge in [-0.3, -0.25) is 9.59 Å². The summed E-state index contributed by atoms with van der Waals surface area (Å²) in [6, 6.07) is 19.0. The zero-order chi connectivity index (χ0) is 21.1. The number of thiophene rings is 2. The SMILES string of the molecule is O=C(Cl)c1ccc(SSc2ccc(C(=O)Cl)cc2-c2cccs2)c(-c2cccs2)c1. The van der Waals surface area contributed by atoms with Crippen LogP contribution in [0.4, 0.5) is 0 Å². The average Bonchev–Trinajstić information content (AvgIpc) is 3.46. The third-order valence-electron chi connectivity index (χ3n) is 4.21. The van der Waals surface area contributed by atoms with Crippen molar-refractivity contribution in [2.24, 2.45) is 0 Å². The van der Waals surface area contributed by atoms with Gasteiger partial charge < -0.3 is 0 Å². The Balaban J connectivity index is 1.69. The molecule has 0 atom stereocenters. The van der Waals surface area contributed by atoms with Gasteiger partial charge in [0.25, 0.3) is 10.5 Å². The van der Waals surface area contributed by atoms with E-state index in [1.54, 1.807) is 56.4 Å². The lowest BCUT2D eigenvalue weighted by atomic mass is 10.1. The van der Waals surface area contributed by atoms with Crippen LogP contribution in [0.2, 0.25) is 0 Å². The van der Waals surface area contributed by atoms with Gasteiger partial charge in [-0.05, 0) is 82.5 Å². The summed E-state index contributed by atoms with van der Waals surface area (Å²) in [5.74, 6) is 0. The molecule has 2 heterocycles. The molecule has 0 aliphatic heterocycles. The average molecular weight is 508 g/mol. The van der Waals surface area contributed by atoms with Gasteiger partial charge in [-0.25, -0.2) is 0 Å². The van der Waals surface area contributed by atoms with E-state index in [1.807, 2.05) is 59.3 Å². The first-order valence-corrected chi connectivity index (χ1v) is 13.3. The minimum atomic E-state index is -0.474. The summed E-state index contributed by atoms with van der Waals surface area (Å²) >= 11 is 14.6. The number of hydrogen-bond acceptors (Lipinski definition) is 6. The van der Waals surface area contributed by atoms with E-state index in [0.717, 1.165) is 30.7 Å². The minimum Gasteiger partial charge on any atom is -0.276 e. The molecule has 0 fully saturated rings. The highest BCUT2D eigenvalue weighted by molar-refractivity contribution is 8.76. The second-order valence-electron chi connectivity index (χ2n) is 6.09. The summed E-state index contributed by atoms with van der Waals surface area (Å²) in [5.41, 5.74) is 2.88. The highest BCUT2D eigenvalue weighted by Crippen LogP contribution is 2.47. The molecule has 0 saturated carbocycles. The summed E-state index contributed by atoms with van der Waals surface area (Å²) < 4.78 is 0. The van der Waals surface area contributed by atoms with Crippen molar-refractivity contribution in [3.63, 3.8) is 0 Å². The van der Waals surface area contributed by atoms with E-state index in [9.17, 15) is 9.59 Å². The highest BCUT2D eigenvalue weighted by atomic mass is 35.5. The predicted octanol–water partition coefficient (Wildman–Crippen LogP) is 8.70. The number of carbonyl (C=O) groups is 2. The van der Waals surface area contributed by atoms with Gasteiger partial charge in [0.2, 0.25) is 0 Å². The Bertz CT molecular complexity index is 1110. The minimum absolute atomic E-state index is 0.471. The Hall–Kier alpha value is -1.54. The molecule has 0 aliphatic rings. The third-order valence-corrected chi connectivity index (χ3v) is 8.93. The van der Waals surface area contributed by atoms with Gasteiger partial charge in [0, 0.05) is 41.8 Å². The lowest BCUT2D eigenvalue weighted by molar-refractivity contribution is 0.107. The number of benzene rings is 2. The molecule has 2 aromatic carbocycles. The summed E-state index contributed by atoms with van der Waals surface area (Å²) in [5, 5.41) is 3.06. The Morgan fingerprint density at radius 3 is 1.43 bits per heavy atom. The zero-order valence-corrected chi connectivity index (χ0v) is 19.9. The second-order valence-corrected chi connectivity index (χ2v) is 10.9. The first kappa shape index (κ1) is 21.7. The zero-order valence-electron chi connectivity index (χ0n) is 15.1. The Morgan fingerprint density at radius 2 is 1.10 bits per heavy atom. The number of halogens is 2. The maximum absolute atomic E-state index is 11.6. The van der Waals surface area contributed by atoms with Crippen LogP contribution in [0.15, 0.2) is 81.2 Å². The first-order chi connectivity index (χ1) is 14.5. The lowest BCUT2D eigenvalue weighted by Crippen LogP contribution is -1.91. The molecule has 150 valence electrons. The van der Waals surface area contributed by atoms with E-state index in [-0.39, 0.29) is 0 Å². The van der Waals surface area contributed by atoms with Crippen LogP contribution in [0, 0.1) is 0 Å². The summed E-state index contributed by atoms with van der Waals surface area (Å²) in [7, 11) is 3.20. The van der Waals surface area contributed by atoms with Gasteiger partial charge in [-0.15, -0.1) is 22.7 Å². The van der Waals surface area contributed by atoms with E-state index in [1.165, 1.54) is 0 Å². The molecule has 0 spiro atoms. The van der Waals surface area contributed by atoms with Gasteiger partial charge in [0.05, 0.1) is 0 Å². The van der Waals surface area contributed by atoms with Crippen molar-refractivity contribution in [2.45, 2.75) is 9.79 Å². The molecule has 30 heavy (non-hydrogen) atoms. The third kappa shape index (κ3) is 4.85. The van der Waals surface area contributed by atoms with E-state index >= 15 is 0 Å². The smallest absolute Gasteiger partial charge is 0.252 e. The van der Waals surface area contributed by atoms with E-state index < -0.39 is 10.5 Å². The molecule has 0 bridgehead atoms. The van der Waals surface area contributed by atoms with Crippen molar-refractivity contribution in [3.8, 4) is 20.9 Å². The van der Waals surface area contributed by atoms with E-state index in [4.69, 9.17) is 23.2 Å². The van der Waals surface area contributed by atoms with Crippen molar-refractivity contribution in [1.82, 2.24) is 0 Å². The van der Waals surface area contributed by atoms with Crippen LogP contribution in [0.5, 0.6) is 0 Å². The topological polar surface area (TPSA) is 34.1 Å². The fourth-order valence-corrected chi connectivity index (χ4v) is 7.02. The van der Waals surface area contributed by atoms with Crippen LogP contribution in [-0.2, 0) is 0 Å².